The molecule has 0 saturated heterocycles. The largest absolute Gasteiger partial charge is 0.491 e. The van der Waals surface area contributed by atoms with E-state index in [1.165, 1.54) is 0 Å². The Kier molecular flexibility index (Phi) is 7.82. The zero-order valence-corrected chi connectivity index (χ0v) is 17.9. The lowest BCUT2D eigenvalue weighted by atomic mass is 9.91. The third kappa shape index (κ3) is 6.44. The first-order chi connectivity index (χ1) is 15.0. The normalized spacial score (nSPS) is 10.7. The van der Waals surface area contributed by atoms with Crippen LogP contribution in [0.5, 0.6) is 5.75 Å². The first-order valence-corrected chi connectivity index (χ1v) is 10.4. The Bertz CT molecular complexity index is 948. The lowest BCUT2D eigenvalue weighted by molar-refractivity contribution is -0.139. The van der Waals surface area contributed by atoms with Crippen LogP contribution in [0, 0.1) is 0 Å². The molecule has 0 aliphatic heterocycles. The van der Waals surface area contributed by atoms with Gasteiger partial charge >= 0.3 is 11.8 Å². The standard InChI is InChI=1S/C26H28N2O3/c1-19(2)31-24-16-10-9-15-22(24)17-27-25(29)26(30)28-18-23(20-11-5-3-6-12-20)21-13-7-4-8-14-21/h3-16,19,23H,17-18H2,1-2H3,(H,27,29)(H,28,30). The highest BCUT2D eigenvalue weighted by atomic mass is 16.5. The van der Waals surface area contributed by atoms with Crippen LogP contribution >= 0.6 is 0 Å². The van der Waals surface area contributed by atoms with E-state index < -0.39 is 11.8 Å². The van der Waals surface area contributed by atoms with Gasteiger partial charge in [0.05, 0.1) is 6.10 Å². The highest BCUT2D eigenvalue weighted by molar-refractivity contribution is 6.35. The van der Waals surface area contributed by atoms with E-state index in [1.807, 2.05) is 98.8 Å². The predicted molar refractivity (Wildman–Crippen MR) is 122 cm³/mol. The second-order valence-electron chi connectivity index (χ2n) is 7.54. The number of carbonyl (C=O) groups is 2. The molecule has 0 aliphatic rings. The van der Waals surface area contributed by atoms with Gasteiger partial charge in [-0.2, -0.15) is 0 Å². The van der Waals surface area contributed by atoms with Crippen molar-refractivity contribution in [2.24, 2.45) is 0 Å². The zero-order valence-electron chi connectivity index (χ0n) is 17.9. The summed E-state index contributed by atoms with van der Waals surface area (Å²) in [4.78, 5) is 24.8. The summed E-state index contributed by atoms with van der Waals surface area (Å²) in [6.07, 6.45) is 0.0213. The second kappa shape index (κ2) is 11.0. The van der Waals surface area contributed by atoms with E-state index in [2.05, 4.69) is 10.6 Å². The van der Waals surface area contributed by atoms with E-state index >= 15 is 0 Å². The lowest BCUT2D eigenvalue weighted by Crippen LogP contribution is -2.41. The number of ether oxygens (including phenoxy) is 1. The van der Waals surface area contributed by atoms with Gasteiger partial charge in [-0.25, -0.2) is 0 Å². The molecule has 3 rings (SSSR count). The van der Waals surface area contributed by atoms with Crippen molar-refractivity contribution in [2.75, 3.05) is 6.54 Å². The Labute approximate surface area is 183 Å². The molecule has 0 spiro atoms. The van der Waals surface area contributed by atoms with E-state index in [0.717, 1.165) is 16.7 Å². The fraction of sp³-hybridized carbons (Fsp3) is 0.231. The fourth-order valence-electron chi connectivity index (χ4n) is 3.35. The number of amides is 2. The third-order valence-corrected chi connectivity index (χ3v) is 4.85. The van der Waals surface area contributed by atoms with Gasteiger partial charge in [0.1, 0.15) is 5.75 Å². The van der Waals surface area contributed by atoms with Gasteiger partial charge in [0.15, 0.2) is 0 Å². The van der Waals surface area contributed by atoms with Gasteiger partial charge in [0, 0.05) is 24.6 Å². The number of benzene rings is 3. The second-order valence-corrected chi connectivity index (χ2v) is 7.54. The average Bonchev–Trinajstić information content (AvgIpc) is 2.79. The molecule has 0 bridgehead atoms. The minimum atomic E-state index is -0.667. The van der Waals surface area contributed by atoms with Crippen molar-refractivity contribution in [1.82, 2.24) is 10.6 Å². The molecular formula is C26H28N2O3. The molecule has 0 unspecified atom stereocenters. The molecule has 0 aromatic heterocycles. The van der Waals surface area contributed by atoms with Crippen LogP contribution in [0.4, 0.5) is 0 Å². The summed E-state index contributed by atoms with van der Waals surface area (Å²) in [5.74, 6) is -0.663. The van der Waals surface area contributed by atoms with Crippen LogP contribution in [-0.4, -0.2) is 24.5 Å². The molecule has 31 heavy (non-hydrogen) atoms. The smallest absolute Gasteiger partial charge is 0.309 e. The van der Waals surface area contributed by atoms with Crippen LogP contribution in [0.25, 0.3) is 0 Å². The van der Waals surface area contributed by atoms with Crippen LogP contribution in [0.15, 0.2) is 84.9 Å². The summed E-state index contributed by atoms with van der Waals surface area (Å²) in [5, 5.41) is 5.47. The molecule has 5 nitrogen and oxygen atoms in total. The van der Waals surface area contributed by atoms with Gasteiger partial charge in [0.25, 0.3) is 0 Å². The van der Waals surface area contributed by atoms with E-state index in [-0.39, 0.29) is 18.6 Å². The highest BCUT2D eigenvalue weighted by Crippen LogP contribution is 2.23. The molecule has 0 heterocycles. The van der Waals surface area contributed by atoms with Gasteiger partial charge in [-0.3, -0.25) is 9.59 Å². The summed E-state index contributed by atoms with van der Waals surface area (Å²) < 4.78 is 5.76. The summed E-state index contributed by atoms with van der Waals surface area (Å²) in [6, 6.07) is 27.4. The SMILES string of the molecule is CC(C)Oc1ccccc1CNC(=O)C(=O)NCC(c1ccccc1)c1ccccc1. The fourth-order valence-corrected chi connectivity index (χ4v) is 3.35. The van der Waals surface area contributed by atoms with Crippen LogP contribution in [0.3, 0.4) is 0 Å². The van der Waals surface area contributed by atoms with Gasteiger partial charge in [-0.1, -0.05) is 78.9 Å². The van der Waals surface area contributed by atoms with Crippen molar-refractivity contribution >= 4 is 11.8 Å². The summed E-state index contributed by atoms with van der Waals surface area (Å²) in [6.45, 7) is 4.43. The Hall–Kier alpha value is -3.60. The van der Waals surface area contributed by atoms with Crippen molar-refractivity contribution in [1.29, 1.82) is 0 Å². The van der Waals surface area contributed by atoms with Crippen LogP contribution in [0.2, 0.25) is 0 Å². The maximum absolute atomic E-state index is 12.4. The van der Waals surface area contributed by atoms with Crippen LogP contribution in [0.1, 0.15) is 36.5 Å². The molecule has 0 saturated carbocycles. The van der Waals surface area contributed by atoms with Crippen molar-refractivity contribution in [3.63, 3.8) is 0 Å². The Balaban J connectivity index is 1.61. The molecule has 0 atom stereocenters. The molecule has 0 aliphatic carbocycles. The summed E-state index contributed by atoms with van der Waals surface area (Å²) in [5.41, 5.74) is 2.98. The van der Waals surface area contributed by atoms with E-state index in [1.54, 1.807) is 0 Å². The van der Waals surface area contributed by atoms with Gasteiger partial charge in [-0.15, -0.1) is 0 Å². The monoisotopic (exact) mass is 416 g/mol. The first-order valence-electron chi connectivity index (χ1n) is 10.4. The maximum atomic E-state index is 12.4. The van der Waals surface area contributed by atoms with Crippen LogP contribution < -0.4 is 15.4 Å². The number of rotatable bonds is 8. The molecule has 5 heteroatoms. The van der Waals surface area contributed by atoms with Gasteiger partial charge in [0.2, 0.25) is 0 Å². The zero-order chi connectivity index (χ0) is 22.1. The number of nitrogens with one attached hydrogen (secondary N) is 2. The quantitative estimate of drug-likeness (QED) is 0.545. The minimum absolute atomic E-state index is 0.0213. The number of hydrogen-bond acceptors (Lipinski definition) is 3. The topological polar surface area (TPSA) is 67.4 Å². The molecule has 0 fully saturated rings. The molecule has 160 valence electrons. The molecule has 0 radical (unpaired) electrons. The maximum Gasteiger partial charge on any atom is 0.309 e. The molecule has 3 aromatic rings. The lowest BCUT2D eigenvalue weighted by Gasteiger charge is -2.19. The summed E-state index contributed by atoms with van der Waals surface area (Å²) in [7, 11) is 0. The highest BCUT2D eigenvalue weighted by Gasteiger charge is 2.19. The van der Waals surface area contributed by atoms with E-state index in [9.17, 15) is 9.59 Å². The molecule has 2 N–H and O–H groups in total. The Morgan fingerprint density at radius 3 is 1.84 bits per heavy atom. The van der Waals surface area contributed by atoms with Crippen molar-refractivity contribution < 1.29 is 14.3 Å². The van der Waals surface area contributed by atoms with E-state index in [4.69, 9.17) is 4.74 Å². The molecule has 2 amide bonds. The van der Waals surface area contributed by atoms with Crippen LogP contribution in [-0.2, 0) is 16.1 Å². The number of para-hydroxylation sites is 1. The van der Waals surface area contributed by atoms with Gasteiger partial charge in [-0.05, 0) is 31.0 Å². The molecular weight excluding hydrogens is 388 g/mol. The number of hydrogen-bond donors (Lipinski definition) is 2. The first kappa shape index (κ1) is 22.1. The molecule has 3 aromatic carbocycles. The Morgan fingerprint density at radius 1 is 0.742 bits per heavy atom. The number of carbonyl (C=O) groups excluding carboxylic acids is 2. The Morgan fingerprint density at radius 2 is 1.26 bits per heavy atom. The van der Waals surface area contributed by atoms with Gasteiger partial charge < -0.3 is 15.4 Å². The van der Waals surface area contributed by atoms with Crippen molar-refractivity contribution in [2.45, 2.75) is 32.4 Å². The minimum Gasteiger partial charge on any atom is -0.491 e. The third-order valence-electron chi connectivity index (χ3n) is 4.85. The van der Waals surface area contributed by atoms with E-state index in [0.29, 0.717) is 12.3 Å². The van der Waals surface area contributed by atoms with Crippen molar-refractivity contribution in [3.8, 4) is 5.75 Å². The summed E-state index contributed by atoms with van der Waals surface area (Å²) >= 11 is 0. The average molecular weight is 417 g/mol. The van der Waals surface area contributed by atoms with Crippen molar-refractivity contribution in [3.05, 3.63) is 102 Å². The predicted octanol–water partition coefficient (Wildman–Crippen LogP) is 4.04.